The van der Waals surface area contributed by atoms with Crippen molar-refractivity contribution in [1.82, 2.24) is 4.90 Å². The van der Waals surface area contributed by atoms with Gasteiger partial charge in [0.1, 0.15) is 0 Å². The molecule has 0 radical (unpaired) electrons. The van der Waals surface area contributed by atoms with Crippen LogP contribution in [-0.4, -0.2) is 24.5 Å². The molecular weight excluding hydrogens is 240 g/mol. The molecule has 0 spiro atoms. The topological polar surface area (TPSA) is 29.3 Å². The average molecular weight is 260 g/mol. The lowest BCUT2D eigenvalue weighted by molar-refractivity contribution is 0.244. The highest BCUT2D eigenvalue weighted by molar-refractivity contribution is 7.17. The summed E-state index contributed by atoms with van der Waals surface area (Å²) in [5, 5.41) is 3.76. The Labute approximate surface area is 112 Å². The summed E-state index contributed by atoms with van der Waals surface area (Å²) in [5.41, 5.74) is 7.46. The molecule has 1 saturated heterocycles. The van der Waals surface area contributed by atoms with Gasteiger partial charge in [-0.1, -0.05) is 25.1 Å². The van der Waals surface area contributed by atoms with E-state index in [1.807, 2.05) is 11.3 Å². The van der Waals surface area contributed by atoms with Crippen LogP contribution >= 0.6 is 11.3 Å². The fourth-order valence-corrected chi connectivity index (χ4v) is 4.20. The molecule has 0 amide bonds. The summed E-state index contributed by atoms with van der Waals surface area (Å²) in [5.74, 6) is 0.614. The van der Waals surface area contributed by atoms with Crippen LogP contribution in [0, 0.1) is 5.92 Å². The fourth-order valence-electron chi connectivity index (χ4n) is 3.21. The number of fused-ring (bicyclic) bond motifs is 1. The van der Waals surface area contributed by atoms with Crippen LogP contribution in [0.15, 0.2) is 29.6 Å². The first kappa shape index (κ1) is 12.2. The van der Waals surface area contributed by atoms with E-state index in [0.29, 0.717) is 12.0 Å². The molecule has 0 bridgehead atoms. The van der Waals surface area contributed by atoms with Gasteiger partial charge in [-0.3, -0.25) is 4.90 Å². The Morgan fingerprint density at radius 1 is 1.39 bits per heavy atom. The van der Waals surface area contributed by atoms with Crippen LogP contribution in [0.25, 0.3) is 10.1 Å². The zero-order valence-electron chi connectivity index (χ0n) is 10.8. The van der Waals surface area contributed by atoms with Gasteiger partial charge in [0.15, 0.2) is 0 Å². The molecule has 3 heteroatoms. The lowest BCUT2D eigenvalue weighted by Gasteiger charge is -2.26. The van der Waals surface area contributed by atoms with Gasteiger partial charge in [0.05, 0.1) is 0 Å². The van der Waals surface area contributed by atoms with E-state index in [4.69, 9.17) is 5.73 Å². The van der Waals surface area contributed by atoms with Crippen molar-refractivity contribution in [2.24, 2.45) is 11.7 Å². The van der Waals surface area contributed by atoms with E-state index in [1.54, 1.807) is 0 Å². The SMILES string of the molecule is CCN1CCC(CN)C1c1csc2ccccc12. The Morgan fingerprint density at radius 2 is 2.22 bits per heavy atom. The summed E-state index contributed by atoms with van der Waals surface area (Å²) in [4.78, 5) is 2.58. The van der Waals surface area contributed by atoms with Crippen molar-refractivity contribution in [2.75, 3.05) is 19.6 Å². The summed E-state index contributed by atoms with van der Waals surface area (Å²) >= 11 is 1.86. The van der Waals surface area contributed by atoms with Gasteiger partial charge in [-0.25, -0.2) is 0 Å². The first-order chi connectivity index (χ1) is 8.85. The third-order valence-electron chi connectivity index (χ3n) is 4.17. The van der Waals surface area contributed by atoms with Gasteiger partial charge in [-0.2, -0.15) is 0 Å². The lowest BCUT2D eigenvalue weighted by atomic mass is 9.93. The Morgan fingerprint density at radius 3 is 3.00 bits per heavy atom. The molecular formula is C15H20N2S. The predicted molar refractivity (Wildman–Crippen MR) is 79.0 cm³/mol. The Bertz CT molecular complexity index is 522. The predicted octanol–water partition coefficient (Wildman–Crippen LogP) is 3.24. The first-order valence-corrected chi connectivity index (χ1v) is 7.63. The number of benzene rings is 1. The molecule has 2 unspecified atom stereocenters. The van der Waals surface area contributed by atoms with Crippen molar-refractivity contribution in [2.45, 2.75) is 19.4 Å². The molecule has 2 nitrogen and oxygen atoms in total. The van der Waals surface area contributed by atoms with Gasteiger partial charge in [0.2, 0.25) is 0 Å². The molecule has 0 saturated carbocycles. The maximum absolute atomic E-state index is 5.97. The molecule has 2 heterocycles. The largest absolute Gasteiger partial charge is 0.330 e. The molecule has 1 aliphatic rings. The van der Waals surface area contributed by atoms with E-state index < -0.39 is 0 Å². The van der Waals surface area contributed by atoms with Crippen LogP contribution in [0.4, 0.5) is 0 Å². The number of hydrogen-bond donors (Lipinski definition) is 1. The molecule has 1 aliphatic heterocycles. The molecule has 0 aliphatic carbocycles. The van der Waals surface area contributed by atoms with Crippen LogP contribution in [0.5, 0.6) is 0 Å². The normalized spacial score (nSPS) is 25.0. The van der Waals surface area contributed by atoms with Crippen LogP contribution < -0.4 is 5.73 Å². The van der Waals surface area contributed by atoms with Gasteiger partial charge in [-0.15, -0.1) is 11.3 Å². The molecule has 18 heavy (non-hydrogen) atoms. The fraction of sp³-hybridized carbons (Fsp3) is 0.467. The van der Waals surface area contributed by atoms with Crippen LogP contribution in [0.2, 0.25) is 0 Å². The van der Waals surface area contributed by atoms with Crippen molar-refractivity contribution in [3.8, 4) is 0 Å². The van der Waals surface area contributed by atoms with E-state index in [-0.39, 0.29) is 0 Å². The second-order valence-corrected chi connectivity index (χ2v) is 5.96. The molecule has 1 aromatic heterocycles. The quantitative estimate of drug-likeness (QED) is 0.918. The van der Waals surface area contributed by atoms with Gasteiger partial charge < -0.3 is 5.73 Å². The monoisotopic (exact) mass is 260 g/mol. The number of nitrogens with zero attached hydrogens (tertiary/aromatic N) is 1. The summed E-state index contributed by atoms with van der Waals surface area (Å²) in [6, 6.07) is 9.25. The van der Waals surface area contributed by atoms with Crippen LogP contribution in [0.1, 0.15) is 24.9 Å². The highest BCUT2D eigenvalue weighted by Crippen LogP contribution is 2.41. The highest BCUT2D eigenvalue weighted by atomic mass is 32.1. The summed E-state index contributed by atoms with van der Waals surface area (Å²) < 4.78 is 1.39. The maximum Gasteiger partial charge on any atom is 0.0403 e. The number of nitrogens with two attached hydrogens (primary N) is 1. The molecule has 1 fully saturated rings. The van der Waals surface area contributed by atoms with Crippen molar-refractivity contribution < 1.29 is 0 Å². The van der Waals surface area contributed by atoms with Crippen molar-refractivity contribution >= 4 is 21.4 Å². The van der Waals surface area contributed by atoms with Gasteiger partial charge in [0.25, 0.3) is 0 Å². The first-order valence-electron chi connectivity index (χ1n) is 6.75. The molecule has 2 atom stereocenters. The highest BCUT2D eigenvalue weighted by Gasteiger charge is 2.34. The lowest BCUT2D eigenvalue weighted by Crippen LogP contribution is -2.27. The van der Waals surface area contributed by atoms with Crippen LogP contribution in [0.3, 0.4) is 0 Å². The number of thiophene rings is 1. The summed E-state index contributed by atoms with van der Waals surface area (Å²) in [7, 11) is 0. The van der Waals surface area contributed by atoms with E-state index in [2.05, 4.69) is 41.5 Å². The third-order valence-corrected chi connectivity index (χ3v) is 5.15. The molecule has 3 rings (SSSR count). The number of hydrogen-bond acceptors (Lipinski definition) is 3. The smallest absolute Gasteiger partial charge is 0.0403 e. The minimum absolute atomic E-state index is 0.524. The Kier molecular flexibility index (Phi) is 3.37. The van der Waals surface area contributed by atoms with E-state index >= 15 is 0 Å². The van der Waals surface area contributed by atoms with Gasteiger partial charge in [-0.05, 0) is 54.4 Å². The summed E-state index contributed by atoms with van der Waals surface area (Å²) in [6.07, 6.45) is 1.24. The number of likely N-dealkylation sites (tertiary alicyclic amines) is 1. The minimum Gasteiger partial charge on any atom is -0.330 e. The van der Waals surface area contributed by atoms with E-state index in [0.717, 1.165) is 13.1 Å². The van der Waals surface area contributed by atoms with E-state index in [1.165, 1.54) is 28.6 Å². The van der Waals surface area contributed by atoms with Crippen molar-refractivity contribution in [1.29, 1.82) is 0 Å². The average Bonchev–Trinajstić information content (AvgIpc) is 3.01. The van der Waals surface area contributed by atoms with Crippen molar-refractivity contribution in [3.05, 3.63) is 35.2 Å². The van der Waals surface area contributed by atoms with Gasteiger partial charge >= 0.3 is 0 Å². The van der Waals surface area contributed by atoms with Crippen LogP contribution in [-0.2, 0) is 0 Å². The molecule has 1 aromatic carbocycles. The van der Waals surface area contributed by atoms with E-state index in [9.17, 15) is 0 Å². The molecule has 2 N–H and O–H groups in total. The molecule has 96 valence electrons. The zero-order valence-corrected chi connectivity index (χ0v) is 11.6. The second-order valence-electron chi connectivity index (χ2n) is 5.05. The van der Waals surface area contributed by atoms with Crippen molar-refractivity contribution in [3.63, 3.8) is 0 Å². The van der Waals surface area contributed by atoms with Gasteiger partial charge in [0, 0.05) is 10.7 Å². The minimum atomic E-state index is 0.524. The number of rotatable bonds is 3. The molecule has 2 aromatic rings. The standard InChI is InChI=1S/C15H20N2S/c1-2-17-8-7-11(9-16)15(17)13-10-18-14-6-4-3-5-12(13)14/h3-6,10-11,15H,2,7-9,16H2,1H3. The Balaban J connectivity index is 2.06. The second kappa shape index (κ2) is 5.00. The third kappa shape index (κ3) is 1.87. The zero-order chi connectivity index (χ0) is 12.5. The Hall–Kier alpha value is -0.900. The maximum atomic E-state index is 5.97. The summed E-state index contributed by atoms with van der Waals surface area (Å²) in [6.45, 7) is 5.35.